The number of nitrogens with zero attached hydrogens (tertiary/aromatic N) is 2. The Kier molecular flexibility index (Phi) is 6.81. The van der Waals surface area contributed by atoms with Gasteiger partial charge in [-0.1, -0.05) is 0 Å². The van der Waals surface area contributed by atoms with Crippen molar-refractivity contribution in [2.75, 3.05) is 14.2 Å². The van der Waals surface area contributed by atoms with E-state index < -0.39 is 50.3 Å². The van der Waals surface area contributed by atoms with Crippen molar-refractivity contribution in [1.29, 1.82) is 0 Å². The molecule has 6 nitrogen and oxygen atoms in total. The van der Waals surface area contributed by atoms with Crippen LogP contribution in [0, 0.1) is 6.92 Å². The minimum absolute atomic E-state index is 0.122. The van der Waals surface area contributed by atoms with Crippen LogP contribution in [0.1, 0.15) is 21.6 Å². The average Bonchev–Trinajstić information content (AvgIpc) is 2.59. The van der Waals surface area contributed by atoms with Gasteiger partial charge in [0.05, 0.1) is 0 Å². The summed E-state index contributed by atoms with van der Waals surface area (Å²) in [4.78, 5) is 20.6. The van der Waals surface area contributed by atoms with Gasteiger partial charge in [0.2, 0.25) is 0 Å². The molecule has 1 aromatic carbocycles. The zero-order chi connectivity index (χ0) is 21.3. The number of amides is 1. The maximum absolute atomic E-state index is 13.1. The molecule has 0 bridgehead atoms. The number of hydrogen-bond acceptors (Lipinski definition) is 5. The molecule has 28 heavy (non-hydrogen) atoms. The Hall–Kier alpha value is -1.61. The molecule has 1 heterocycles. The second-order valence-electron chi connectivity index (χ2n) is 5.64. The number of hydroxylamine groups is 2. The average molecular weight is 499 g/mol. The monoisotopic (exact) mass is 498 g/mol. The molecular formula is C16H15AsClF3N2O4S. The number of halogens is 4. The number of carbonyl (C=O) groups excluding carboxylic acids is 1. The van der Waals surface area contributed by atoms with E-state index in [0.29, 0.717) is 11.6 Å². The van der Waals surface area contributed by atoms with Gasteiger partial charge in [0.1, 0.15) is 0 Å². The second kappa shape index (κ2) is 8.40. The Morgan fingerprint density at radius 1 is 1.29 bits per heavy atom. The third kappa shape index (κ3) is 5.05. The first-order valence-corrected chi connectivity index (χ1v) is 13.0. The molecule has 1 atom stereocenters. The van der Waals surface area contributed by atoms with Gasteiger partial charge in [0.25, 0.3) is 0 Å². The summed E-state index contributed by atoms with van der Waals surface area (Å²) >= 11 is 3.42. The van der Waals surface area contributed by atoms with Crippen LogP contribution < -0.4 is 4.35 Å². The van der Waals surface area contributed by atoms with Crippen LogP contribution in [0.2, 0.25) is 5.02 Å². The molecule has 1 unspecified atom stereocenters. The SMILES string of the molecule is CON(C)C(=O)c1ncc(C)cc1[AsH]S(=O)(=O)c1ccc(Cl)c(C(F)(F)F)c1. The van der Waals surface area contributed by atoms with Crippen molar-refractivity contribution >= 4 is 44.6 Å². The summed E-state index contributed by atoms with van der Waals surface area (Å²) in [6, 6.07) is 3.90. The van der Waals surface area contributed by atoms with E-state index in [4.69, 9.17) is 16.4 Å². The number of aromatic nitrogens is 1. The van der Waals surface area contributed by atoms with Crippen LogP contribution in [0.5, 0.6) is 0 Å². The van der Waals surface area contributed by atoms with Crippen LogP contribution in [-0.2, 0) is 19.1 Å². The zero-order valence-electron chi connectivity index (χ0n) is 14.8. The second-order valence-corrected chi connectivity index (χ2v) is 13.5. The number of alkyl halides is 3. The Balaban J connectivity index is 2.51. The van der Waals surface area contributed by atoms with Crippen molar-refractivity contribution in [2.24, 2.45) is 0 Å². The number of carbonyl (C=O) groups is 1. The predicted molar refractivity (Wildman–Crippen MR) is 98.5 cm³/mol. The van der Waals surface area contributed by atoms with Crippen molar-refractivity contribution < 1.29 is 31.2 Å². The molecule has 152 valence electrons. The Morgan fingerprint density at radius 2 is 1.93 bits per heavy atom. The van der Waals surface area contributed by atoms with Gasteiger partial charge < -0.3 is 0 Å². The van der Waals surface area contributed by atoms with Crippen molar-refractivity contribution in [3.05, 3.63) is 52.3 Å². The van der Waals surface area contributed by atoms with Crippen molar-refractivity contribution in [1.82, 2.24) is 10.0 Å². The van der Waals surface area contributed by atoms with Gasteiger partial charge in [-0.2, -0.15) is 0 Å². The summed E-state index contributed by atoms with van der Waals surface area (Å²) in [6.07, 6.45) is -3.40. The van der Waals surface area contributed by atoms with Crippen LogP contribution >= 0.6 is 11.6 Å². The molecule has 0 aliphatic rings. The number of aryl methyl sites for hydroxylation is 1. The molecule has 1 amide bonds. The van der Waals surface area contributed by atoms with Crippen molar-refractivity contribution in [3.8, 4) is 0 Å². The Morgan fingerprint density at radius 3 is 2.50 bits per heavy atom. The van der Waals surface area contributed by atoms with Gasteiger partial charge in [0, 0.05) is 0 Å². The van der Waals surface area contributed by atoms with Crippen molar-refractivity contribution in [2.45, 2.75) is 18.0 Å². The van der Waals surface area contributed by atoms with E-state index in [1.54, 1.807) is 6.92 Å². The summed E-state index contributed by atoms with van der Waals surface area (Å²) in [6.45, 7) is 1.66. The van der Waals surface area contributed by atoms with Gasteiger partial charge in [-0.15, -0.1) is 0 Å². The molecular weight excluding hydrogens is 484 g/mol. The van der Waals surface area contributed by atoms with E-state index in [9.17, 15) is 26.4 Å². The topological polar surface area (TPSA) is 76.6 Å². The molecule has 0 fully saturated rings. The number of rotatable bonds is 5. The normalized spacial score (nSPS) is 12.5. The summed E-state index contributed by atoms with van der Waals surface area (Å²) in [5.74, 6) is -0.663. The Bertz CT molecular complexity index is 1020. The summed E-state index contributed by atoms with van der Waals surface area (Å²) in [7, 11) is -1.52. The molecule has 0 aliphatic heterocycles. The summed E-state index contributed by atoms with van der Waals surface area (Å²) in [5, 5.41) is 0.283. The van der Waals surface area contributed by atoms with E-state index in [2.05, 4.69) is 4.98 Å². The molecule has 0 spiro atoms. The van der Waals surface area contributed by atoms with E-state index in [1.165, 1.54) is 26.4 Å². The van der Waals surface area contributed by atoms with Crippen LogP contribution in [-0.4, -0.2) is 53.1 Å². The van der Waals surface area contributed by atoms with Gasteiger partial charge >= 0.3 is 170 Å². The van der Waals surface area contributed by atoms with Gasteiger partial charge in [0.15, 0.2) is 0 Å². The maximum atomic E-state index is 13.1. The summed E-state index contributed by atoms with van der Waals surface area (Å²) < 4.78 is 64.9. The fourth-order valence-corrected chi connectivity index (χ4v) is 8.63. The predicted octanol–water partition coefficient (Wildman–Crippen LogP) is 2.15. The molecule has 0 N–H and O–H groups in total. The summed E-state index contributed by atoms with van der Waals surface area (Å²) in [5.41, 5.74) is -0.749. The molecule has 0 saturated heterocycles. The third-order valence-electron chi connectivity index (χ3n) is 3.58. The molecule has 0 saturated carbocycles. The van der Waals surface area contributed by atoms with Crippen LogP contribution in [0.3, 0.4) is 0 Å². The third-order valence-corrected chi connectivity index (χ3v) is 10.6. The fourth-order valence-electron chi connectivity index (χ4n) is 2.14. The Labute approximate surface area is 170 Å². The van der Waals surface area contributed by atoms with Crippen molar-refractivity contribution in [3.63, 3.8) is 0 Å². The molecule has 12 heteroatoms. The molecule has 0 aliphatic carbocycles. The van der Waals surface area contributed by atoms with E-state index in [1.807, 2.05) is 0 Å². The molecule has 0 radical (unpaired) electrons. The first-order valence-electron chi connectivity index (χ1n) is 7.55. The standard InChI is InChI=1S/C16H15AsClF3N2O4S/c1-9-6-12(14(22-8-9)15(24)23(2)27-3)17-28(25,26)10-4-5-13(18)11(7-10)16(19,20)21/h4-8,17H,1-3H3. The van der Waals surface area contributed by atoms with Gasteiger partial charge in [-0.25, -0.2) is 0 Å². The van der Waals surface area contributed by atoms with E-state index in [-0.39, 0.29) is 10.0 Å². The fraction of sp³-hybridized carbons (Fsp3) is 0.250. The van der Waals surface area contributed by atoms with Crippen LogP contribution in [0.15, 0.2) is 35.4 Å². The number of hydrogen-bond donors (Lipinski definition) is 0. The van der Waals surface area contributed by atoms with Crippen LogP contribution in [0.4, 0.5) is 13.2 Å². The minimum atomic E-state index is -4.80. The van der Waals surface area contributed by atoms with Gasteiger partial charge in [-0.3, -0.25) is 0 Å². The first kappa shape index (κ1) is 22.7. The van der Waals surface area contributed by atoms with E-state index >= 15 is 0 Å². The van der Waals surface area contributed by atoms with Crippen LogP contribution in [0.25, 0.3) is 0 Å². The molecule has 2 aromatic rings. The number of pyridine rings is 1. The number of benzene rings is 1. The zero-order valence-corrected chi connectivity index (χ0v) is 18.5. The molecule has 1 aromatic heterocycles. The van der Waals surface area contributed by atoms with Gasteiger partial charge in [-0.05, 0) is 0 Å². The van der Waals surface area contributed by atoms with E-state index in [0.717, 1.165) is 17.2 Å². The molecule has 2 rings (SSSR count). The first-order chi connectivity index (χ1) is 12.9. The quantitative estimate of drug-likeness (QED) is 0.466.